The van der Waals surface area contributed by atoms with Gasteiger partial charge in [-0.3, -0.25) is 0 Å². The molecule has 5 heteroatoms. The predicted octanol–water partition coefficient (Wildman–Crippen LogP) is -0.458. The van der Waals surface area contributed by atoms with Crippen LogP contribution in [0.2, 0.25) is 0 Å². The molecule has 5 nitrogen and oxygen atoms in total. The minimum atomic E-state index is -0.115. The van der Waals surface area contributed by atoms with Crippen LogP contribution >= 0.6 is 0 Å². The second kappa shape index (κ2) is 9.28. The van der Waals surface area contributed by atoms with Gasteiger partial charge in [0.05, 0.1) is 6.61 Å². The zero-order valence-electron chi connectivity index (χ0n) is 8.35. The van der Waals surface area contributed by atoms with Crippen LogP contribution in [0.3, 0.4) is 0 Å². The maximum absolute atomic E-state index is 10.9. The molecule has 0 aromatic rings. The third-order valence-electron chi connectivity index (χ3n) is 1.41. The van der Waals surface area contributed by atoms with E-state index >= 15 is 0 Å². The third kappa shape index (κ3) is 9.10. The molecule has 0 aliphatic carbocycles. The van der Waals surface area contributed by atoms with Crippen LogP contribution < -0.4 is 16.0 Å². The van der Waals surface area contributed by atoms with Crippen molar-refractivity contribution in [1.29, 1.82) is 0 Å². The molecule has 0 atom stereocenters. The molecule has 0 spiro atoms. The molecular formula is C8H19N3O2. The fourth-order valence-electron chi connectivity index (χ4n) is 0.787. The molecule has 0 bridgehead atoms. The van der Waals surface area contributed by atoms with Gasteiger partial charge in [-0.25, -0.2) is 4.79 Å². The monoisotopic (exact) mass is 189 g/mol. The van der Waals surface area contributed by atoms with Gasteiger partial charge in [0.15, 0.2) is 0 Å². The summed E-state index contributed by atoms with van der Waals surface area (Å²) in [7, 11) is 1.66. The summed E-state index contributed by atoms with van der Waals surface area (Å²) in [5, 5.41) is 8.47. The quantitative estimate of drug-likeness (QED) is 0.475. The van der Waals surface area contributed by atoms with E-state index in [9.17, 15) is 4.79 Å². The van der Waals surface area contributed by atoms with Crippen LogP contribution in [-0.4, -0.2) is 45.9 Å². The molecule has 0 radical (unpaired) electrons. The van der Waals surface area contributed by atoms with Crippen molar-refractivity contribution in [2.75, 3.05) is 39.9 Å². The van der Waals surface area contributed by atoms with E-state index in [1.54, 1.807) is 7.11 Å². The summed E-state index contributed by atoms with van der Waals surface area (Å²) in [5.41, 5.74) is 0. The van der Waals surface area contributed by atoms with Gasteiger partial charge in [0, 0.05) is 33.3 Å². The third-order valence-corrected chi connectivity index (χ3v) is 1.41. The SMILES string of the molecule is CCNC(=O)NCCNCCOC. The normalized spacial score (nSPS) is 9.69. The smallest absolute Gasteiger partial charge is 0.314 e. The lowest BCUT2D eigenvalue weighted by Crippen LogP contribution is -2.39. The number of rotatable bonds is 7. The lowest BCUT2D eigenvalue weighted by molar-refractivity contribution is 0.199. The highest BCUT2D eigenvalue weighted by molar-refractivity contribution is 5.73. The molecule has 0 heterocycles. The Labute approximate surface area is 79.2 Å². The molecule has 0 aromatic heterocycles. The van der Waals surface area contributed by atoms with E-state index in [1.807, 2.05) is 6.92 Å². The topological polar surface area (TPSA) is 62.4 Å². The Bertz CT molecular complexity index is 131. The number of hydrogen-bond donors (Lipinski definition) is 3. The van der Waals surface area contributed by atoms with Gasteiger partial charge in [-0.15, -0.1) is 0 Å². The predicted molar refractivity (Wildman–Crippen MR) is 51.8 cm³/mol. The maximum atomic E-state index is 10.9. The highest BCUT2D eigenvalue weighted by Crippen LogP contribution is 1.66. The first-order valence-electron chi connectivity index (χ1n) is 4.52. The second-order valence-corrected chi connectivity index (χ2v) is 2.53. The second-order valence-electron chi connectivity index (χ2n) is 2.53. The average molecular weight is 189 g/mol. The van der Waals surface area contributed by atoms with E-state index in [4.69, 9.17) is 4.74 Å². The first-order chi connectivity index (χ1) is 6.31. The number of urea groups is 1. The van der Waals surface area contributed by atoms with Crippen molar-refractivity contribution in [2.45, 2.75) is 6.92 Å². The Balaban J connectivity index is 3.02. The minimum absolute atomic E-state index is 0.115. The van der Waals surface area contributed by atoms with Crippen LogP contribution in [0.15, 0.2) is 0 Å². The van der Waals surface area contributed by atoms with E-state index in [2.05, 4.69) is 16.0 Å². The standard InChI is InChI=1S/C8H19N3O2/c1-3-10-8(12)11-5-4-9-6-7-13-2/h9H,3-7H2,1-2H3,(H2,10,11,12). The van der Waals surface area contributed by atoms with Gasteiger partial charge >= 0.3 is 6.03 Å². The first kappa shape index (κ1) is 12.2. The van der Waals surface area contributed by atoms with Gasteiger partial charge < -0.3 is 20.7 Å². The zero-order valence-corrected chi connectivity index (χ0v) is 8.35. The van der Waals surface area contributed by atoms with Crippen LogP contribution in [0.25, 0.3) is 0 Å². The molecule has 2 amide bonds. The van der Waals surface area contributed by atoms with Crippen LogP contribution in [0.1, 0.15) is 6.92 Å². The lowest BCUT2D eigenvalue weighted by Gasteiger charge is -2.06. The Morgan fingerprint density at radius 1 is 1.23 bits per heavy atom. The molecule has 78 valence electrons. The van der Waals surface area contributed by atoms with E-state index in [0.29, 0.717) is 19.7 Å². The Hall–Kier alpha value is -0.810. The molecule has 0 aliphatic heterocycles. The van der Waals surface area contributed by atoms with Crippen LogP contribution in [0, 0.1) is 0 Å². The van der Waals surface area contributed by atoms with Gasteiger partial charge in [0.2, 0.25) is 0 Å². The van der Waals surface area contributed by atoms with Gasteiger partial charge in [0.25, 0.3) is 0 Å². The maximum Gasteiger partial charge on any atom is 0.314 e. The number of carbonyl (C=O) groups excluding carboxylic acids is 1. The van der Waals surface area contributed by atoms with E-state index in [-0.39, 0.29) is 6.03 Å². The van der Waals surface area contributed by atoms with Gasteiger partial charge in [-0.2, -0.15) is 0 Å². The highest BCUT2D eigenvalue weighted by atomic mass is 16.5. The van der Waals surface area contributed by atoms with Crippen LogP contribution in [-0.2, 0) is 4.74 Å². The van der Waals surface area contributed by atoms with Crippen LogP contribution in [0.4, 0.5) is 4.79 Å². The fourth-order valence-corrected chi connectivity index (χ4v) is 0.787. The number of ether oxygens (including phenoxy) is 1. The molecule has 0 fully saturated rings. The van der Waals surface area contributed by atoms with E-state index < -0.39 is 0 Å². The molecule has 13 heavy (non-hydrogen) atoms. The van der Waals surface area contributed by atoms with Crippen molar-refractivity contribution in [3.63, 3.8) is 0 Å². The summed E-state index contributed by atoms with van der Waals surface area (Å²) in [4.78, 5) is 10.9. The van der Waals surface area contributed by atoms with Crippen molar-refractivity contribution in [1.82, 2.24) is 16.0 Å². The number of hydrogen-bond acceptors (Lipinski definition) is 3. The molecule has 0 unspecified atom stereocenters. The van der Waals surface area contributed by atoms with Crippen molar-refractivity contribution in [3.8, 4) is 0 Å². The Kier molecular flexibility index (Phi) is 8.70. The summed E-state index contributed by atoms with van der Waals surface area (Å²) in [6.45, 7) is 5.45. The number of carbonyl (C=O) groups is 1. The summed E-state index contributed by atoms with van der Waals surface area (Å²) in [5.74, 6) is 0. The zero-order chi connectivity index (χ0) is 9.94. The van der Waals surface area contributed by atoms with E-state index in [0.717, 1.165) is 13.1 Å². The van der Waals surface area contributed by atoms with Crippen molar-refractivity contribution >= 4 is 6.03 Å². The Morgan fingerprint density at radius 3 is 2.62 bits per heavy atom. The summed E-state index contributed by atoms with van der Waals surface area (Å²) in [6.07, 6.45) is 0. The molecule has 0 rings (SSSR count). The largest absolute Gasteiger partial charge is 0.383 e. The van der Waals surface area contributed by atoms with Crippen molar-refractivity contribution in [3.05, 3.63) is 0 Å². The lowest BCUT2D eigenvalue weighted by atomic mass is 10.5. The minimum Gasteiger partial charge on any atom is -0.383 e. The van der Waals surface area contributed by atoms with Gasteiger partial charge in [-0.1, -0.05) is 0 Å². The van der Waals surface area contributed by atoms with Gasteiger partial charge in [-0.05, 0) is 6.92 Å². The molecule has 0 aliphatic rings. The number of amides is 2. The van der Waals surface area contributed by atoms with E-state index in [1.165, 1.54) is 0 Å². The van der Waals surface area contributed by atoms with Crippen molar-refractivity contribution in [2.24, 2.45) is 0 Å². The molecule has 0 aromatic carbocycles. The first-order valence-corrected chi connectivity index (χ1v) is 4.52. The number of nitrogens with one attached hydrogen (secondary N) is 3. The highest BCUT2D eigenvalue weighted by Gasteiger charge is 1.94. The van der Waals surface area contributed by atoms with Crippen molar-refractivity contribution < 1.29 is 9.53 Å². The average Bonchev–Trinajstić information content (AvgIpc) is 2.11. The van der Waals surface area contributed by atoms with Gasteiger partial charge in [0.1, 0.15) is 0 Å². The molecule has 0 saturated carbocycles. The molecule has 3 N–H and O–H groups in total. The summed E-state index contributed by atoms with van der Waals surface area (Å²) < 4.78 is 4.85. The molecular weight excluding hydrogens is 170 g/mol. The Morgan fingerprint density at radius 2 is 2.00 bits per heavy atom. The summed E-state index contributed by atoms with van der Waals surface area (Å²) >= 11 is 0. The summed E-state index contributed by atoms with van der Waals surface area (Å²) in [6, 6.07) is -0.115. The molecule has 0 saturated heterocycles. The van der Waals surface area contributed by atoms with Crippen LogP contribution in [0.5, 0.6) is 0 Å². The fraction of sp³-hybridized carbons (Fsp3) is 0.875. The number of methoxy groups -OCH3 is 1.